The van der Waals surface area contributed by atoms with E-state index in [0.29, 0.717) is 5.69 Å². The minimum absolute atomic E-state index is 0.0119. The van der Waals surface area contributed by atoms with Crippen molar-refractivity contribution in [2.45, 2.75) is 17.9 Å². The highest BCUT2D eigenvalue weighted by Crippen LogP contribution is 2.14. The van der Waals surface area contributed by atoms with Crippen LogP contribution in [-0.2, 0) is 10.0 Å². The summed E-state index contributed by atoms with van der Waals surface area (Å²) >= 11 is 0. The van der Waals surface area contributed by atoms with Gasteiger partial charge in [0.25, 0.3) is 0 Å². The molecule has 0 spiro atoms. The molecule has 1 heterocycles. The Morgan fingerprint density at radius 1 is 1.23 bits per heavy atom. The number of carbonyl (C=O) groups excluding carboxylic acids is 1. The van der Waals surface area contributed by atoms with E-state index in [9.17, 15) is 13.2 Å². The van der Waals surface area contributed by atoms with Crippen LogP contribution in [0.25, 0.3) is 0 Å². The highest BCUT2D eigenvalue weighted by molar-refractivity contribution is 7.89. The maximum Gasteiger partial charge on any atom is 0.319 e. The minimum atomic E-state index is -3.74. The molecule has 2 rings (SSSR count). The quantitative estimate of drug-likeness (QED) is 0.794. The Kier molecular flexibility index (Phi) is 4.74. The van der Waals surface area contributed by atoms with E-state index < -0.39 is 16.1 Å². The first kappa shape index (κ1) is 15.9. The summed E-state index contributed by atoms with van der Waals surface area (Å²) in [7, 11) is -3.74. The van der Waals surface area contributed by atoms with Crippen molar-refractivity contribution in [3.05, 3.63) is 54.4 Å². The molecule has 0 aliphatic carbocycles. The number of hydrogen-bond acceptors (Lipinski definition) is 4. The van der Waals surface area contributed by atoms with E-state index in [1.807, 2.05) is 13.0 Å². The van der Waals surface area contributed by atoms with Crippen LogP contribution < -0.4 is 15.8 Å². The Morgan fingerprint density at radius 3 is 2.45 bits per heavy atom. The van der Waals surface area contributed by atoms with Crippen molar-refractivity contribution in [1.29, 1.82) is 0 Å². The van der Waals surface area contributed by atoms with Crippen molar-refractivity contribution >= 4 is 21.7 Å². The fourth-order valence-electron chi connectivity index (χ4n) is 1.81. The molecule has 0 aliphatic rings. The molecule has 0 saturated heterocycles. The zero-order valence-corrected chi connectivity index (χ0v) is 12.7. The summed E-state index contributed by atoms with van der Waals surface area (Å²) < 4.78 is 22.3. The summed E-state index contributed by atoms with van der Waals surface area (Å²) in [5, 5.41) is 10.4. The third-order valence-electron chi connectivity index (χ3n) is 2.97. The van der Waals surface area contributed by atoms with Crippen molar-refractivity contribution < 1.29 is 13.2 Å². The molecule has 1 unspecified atom stereocenters. The smallest absolute Gasteiger partial charge is 0.319 e. The van der Waals surface area contributed by atoms with Crippen LogP contribution >= 0.6 is 0 Å². The number of hydrogen-bond donors (Lipinski definition) is 3. The van der Waals surface area contributed by atoms with Crippen LogP contribution in [0.2, 0.25) is 0 Å². The van der Waals surface area contributed by atoms with Crippen LogP contribution in [0.4, 0.5) is 10.5 Å². The Bertz CT molecular complexity index is 745. The number of nitrogens with one attached hydrogen (secondary N) is 2. The van der Waals surface area contributed by atoms with Gasteiger partial charge in [-0.15, -0.1) is 0 Å². The summed E-state index contributed by atoms with van der Waals surface area (Å²) in [6.45, 7) is 1.83. The predicted molar refractivity (Wildman–Crippen MR) is 82.6 cm³/mol. The number of amides is 2. The molecule has 1 aromatic heterocycles. The SMILES string of the molecule is CC(NC(=O)Nc1ccc(S(N)(=O)=O)cc1)c1cccnc1. The number of carbonyl (C=O) groups is 1. The fourth-order valence-corrected chi connectivity index (χ4v) is 2.32. The summed E-state index contributed by atoms with van der Waals surface area (Å²) in [4.78, 5) is 15.9. The molecule has 8 heteroatoms. The number of aromatic nitrogens is 1. The zero-order chi connectivity index (χ0) is 16.2. The lowest BCUT2D eigenvalue weighted by molar-refractivity contribution is 0.249. The van der Waals surface area contributed by atoms with Crippen molar-refractivity contribution in [3.63, 3.8) is 0 Å². The van der Waals surface area contributed by atoms with Crippen molar-refractivity contribution in [3.8, 4) is 0 Å². The topological polar surface area (TPSA) is 114 Å². The maximum absolute atomic E-state index is 11.9. The number of benzene rings is 1. The van der Waals surface area contributed by atoms with E-state index in [1.165, 1.54) is 24.3 Å². The third kappa shape index (κ3) is 4.27. The number of nitrogens with zero attached hydrogens (tertiary/aromatic N) is 1. The first-order chi connectivity index (χ1) is 10.4. The lowest BCUT2D eigenvalue weighted by Crippen LogP contribution is -2.31. The van der Waals surface area contributed by atoms with Gasteiger partial charge in [-0.2, -0.15) is 0 Å². The molecule has 2 aromatic rings. The monoisotopic (exact) mass is 320 g/mol. The zero-order valence-electron chi connectivity index (χ0n) is 11.9. The number of primary sulfonamides is 1. The highest BCUT2D eigenvalue weighted by Gasteiger charge is 2.11. The lowest BCUT2D eigenvalue weighted by atomic mass is 10.1. The molecule has 0 fully saturated rings. The number of urea groups is 1. The van der Waals surface area contributed by atoms with Crippen LogP contribution in [0, 0.1) is 0 Å². The van der Waals surface area contributed by atoms with Gasteiger partial charge in [0.05, 0.1) is 10.9 Å². The molecular formula is C14H16N4O3S. The normalized spacial score (nSPS) is 12.5. The number of rotatable bonds is 4. The first-order valence-electron chi connectivity index (χ1n) is 6.46. The molecule has 0 bridgehead atoms. The van der Waals surface area contributed by atoms with Gasteiger partial charge < -0.3 is 10.6 Å². The standard InChI is InChI=1S/C14H16N4O3S/c1-10(11-3-2-8-16-9-11)17-14(19)18-12-4-6-13(7-5-12)22(15,20)21/h2-10H,1H3,(H2,15,20,21)(H2,17,18,19). The Hall–Kier alpha value is -2.45. The van der Waals surface area contributed by atoms with Crippen LogP contribution in [0.5, 0.6) is 0 Å². The average Bonchev–Trinajstić information content (AvgIpc) is 2.47. The van der Waals surface area contributed by atoms with E-state index in [-0.39, 0.29) is 10.9 Å². The van der Waals surface area contributed by atoms with Crippen molar-refractivity contribution in [1.82, 2.24) is 10.3 Å². The molecule has 0 saturated carbocycles. The van der Waals surface area contributed by atoms with Crippen molar-refractivity contribution in [2.24, 2.45) is 5.14 Å². The molecule has 1 atom stereocenters. The van der Waals surface area contributed by atoms with Gasteiger partial charge in [-0.3, -0.25) is 4.98 Å². The molecule has 2 amide bonds. The highest BCUT2D eigenvalue weighted by atomic mass is 32.2. The molecular weight excluding hydrogens is 304 g/mol. The molecule has 0 radical (unpaired) electrons. The van der Waals surface area contributed by atoms with Gasteiger partial charge in [0, 0.05) is 18.1 Å². The van der Waals surface area contributed by atoms with Gasteiger partial charge >= 0.3 is 6.03 Å². The molecule has 22 heavy (non-hydrogen) atoms. The van der Waals surface area contributed by atoms with Gasteiger partial charge in [-0.05, 0) is 42.8 Å². The van der Waals surface area contributed by atoms with Gasteiger partial charge in [-0.25, -0.2) is 18.4 Å². The number of nitrogens with two attached hydrogens (primary N) is 1. The Labute approximate surface area is 128 Å². The lowest BCUT2D eigenvalue weighted by Gasteiger charge is -2.14. The fraction of sp³-hybridized carbons (Fsp3) is 0.143. The predicted octanol–water partition coefficient (Wildman–Crippen LogP) is 1.61. The van der Waals surface area contributed by atoms with Gasteiger partial charge in [0.1, 0.15) is 0 Å². The van der Waals surface area contributed by atoms with Crippen LogP contribution in [0.3, 0.4) is 0 Å². The van der Waals surface area contributed by atoms with Crippen LogP contribution in [0.1, 0.15) is 18.5 Å². The van der Waals surface area contributed by atoms with E-state index in [2.05, 4.69) is 15.6 Å². The average molecular weight is 320 g/mol. The van der Waals surface area contributed by atoms with Crippen LogP contribution in [0.15, 0.2) is 53.7 Å². The van der Waals surface area contributed by atoms with E-state index in [4.69, 9.17) is 5.14 Å². The summed E-state index contributed by atoms with van der Waals surface area (Å²) in [5.41, 5.74) is 1.34. The molecule has 1 aromatic carbocycles. The maximum atomic E-state index is 11.9. The number of sulfonamides is 1. The summed E-state index contributed by atoms with van der Waals surface area (Å²) in [6, 6.07) is 8.63. The van der Waals surface area contributed by atoms with Gasteiger partial charge in [0.2, 0.25) is 10.0 Å². The van der Waals surface area contributed by atoms with Gasteiger partial charge in [-0.1, -0.05) is 6.07 Å². The Morgan fingerprint density at radius 2 is 1.91 bits per heavy atom. The molecule has 0 aliphatic heterocycles. The van der Waals surface area contributed by atoms with E-state index in [1.54, 1.807) is 18.5 Å². The van der Waals surface area contributed by atoms with E-state index in [0.717, 1.165) is 5.56 Å². The second-order valence-electron chi connectivity index (χ2n) is 4.68. The van der Waals surface area contributed by atoms with Crippen LogP contribution in [-0.4, -0.2) is 19.4 Å². The third-order valence-corrected chi connectivity index (χ3v) is 3.90. The molecule has 4 N–H and O–H groups in total. The number of anilines is 1. The summed E-state index contributed by atoms with van der Waals surface area (Å²) in [5.74, 6) is 0. The molecule has 7 nitrogen and oxygen atoms in total. The largest absolute Gasteiger partial charge is 0.331 e. The minimum Gasteiger partial charge on any atom is -0.331 e. The van der Waals surface area contributed by atoms with Crippen molar-refractivity contribution in [2.75, 3.05) is 5.32 Å². The second-order valence-corrected chi connectivity index (χ2v) is 6.24. The summed E-state index contributed by atoms with van der Waals surface area (Å²) in [6.07, 6.45) is 3.33. The van der Waals surface area contributed by atoms with Gasteiger partial charge in [0.15, 0.2) is 0 Å². The first-order valence-corrected chi connectivity index (χ1v) is 8.01. The second kappa shape index (κ2) is 6.54. The van der Waals surface area contributed by atoms with E-state index >= 15 is 0 Å². The Balaban J connectivity index is 1.98. The molecule has 116 valence electrons. The number of pyridine rings is 1.